The second kappa shape index (κ2) is 9.57. The highest BCUT2D eigenvalue weighted by Crippen LogP contribution is 2.36. The van der Waals surface area contributed by atoms with E-state index in [1.165, 1.54) is 48.5 Å². The minimum Gasteiger partial charge on any atom is -0.478 e. The van der Waals surface area contributed by atoms with Crippen LogP contribution in [0.3, 0.4) is 0 Å². The molecule has 4 N–H and O–H groups in total. The van der Waals surface area contributed by atoms with Crippen molar-refractivity contribution in [1.82, 2.24) is 9.13 Å². The van der Waals surface area contributed by atoms with E-state index in [4.69, 9.17) is 0 Å². The summed E-state index contributed by atoms with van der Waals surface area (Å²) >= 11 is 0. The average Bonchev–Trinajstić information content (AvgIpc) is 3.52. The van der Waals surface area contributed by atoms with E-state index in [9.17, 15) is 39.6 Å². The fourth-order valence-corrected chi connectivity index (χ4v) is 5.89. The summed E-state index contributed by atoms with van der Waals surface area (Å²) < 4.78 is 3.85. The molecule has 0 bridgehead atoms. The number of hydrogen-bond donors (Lipinski definition) is 4. The molecule has 0 saturated heterocycles. The number of nitrogens with zero attached hydrogens (tertiary/aromatic N) is 2. The van der Waals surface area contributed by atoms with Crippen molar-refractivity contribution in [1.29, 1.82) is 0 Å². The Hall–Kier alpha value is -6.42. The number of carboxylic acid groups (broad SMARTS) is 4. The number of aromatic nitrogens is 2. The van der Waals surface area contributed by atoms with Gasteiger partial charge in [-0.1, -0.05) is 0 Å². The lowest BCUT2D eigenvalue weighted by Gasteiger charge is -2.12. The van der Waals surface area contributed by atoms with Crippen LogP contribution in [-0.2, 0) is 0 Å². The van der Waals surface area contributed by atoms with E-state index < -0.39 is 23.9 Å². The van der Waals surface area contributed by atoms with E-state index in [2.05, 4.69) is 0 Å². The third kappa shape index (κ3) is 3.97. The Morgan fingerprint density at radius 1 is 0.364 bits per heavy atom. The number of benzene rings is 5. The second-order valence-corrected chi connectivity index (χ2v) is 10.3. The van der Waals surface area contributed by atoms with Crippen molar-refractivity contribution >= 4 is 67.5 Å². The fraction of sp³-hybridized carbons (Fsp3) is 0. The van der Waals surface area contributed by atoms with E-state index in [0.29, 0.717) is 43.6 Å². The molecule has 0 spiro atoms. The molecular weight excluding hydrogens is 564 g/mol. The van der Waals surface area contributed by atoms with Crippen molar-refractivity contribution < 1.29 is 39.6 Å². The molecule has 2 aromatic heterocycles. The van der Waals surface area contributed by atoms with Gasteiger partial charge in [0.25, 0.3) is 0 Å². The molecule has 0 unspecified atom stereocenters. The normalized spacial score (nSPS) is 11.5. The molecule has 7 aromatic rings. The van der Waals surface area contributed by atoms with Gasteiger partial charge in [-0.3, -0.25) is 0 Å². The molecule has 214 valence electrons. The topological polar surface area (TPSA) is 159 Å². The smallest absolute Gasteiger partial charge is 0.335 e. The zero-order valence-corrected chi connectivity index (χ0v) is 22.6. The van der Waals surface area contributed by atoms with Gasteiger partial charge in [-0.05, 0) is 97.1 Å². The summed E-state index contributed by atoms with van der Waals surface area (Å²) in [5, 5.41) is 40.7. The molecule has 0 aliphatic heterocycles. The standard InChI is InChI=1S/C34H20N2O8/c37-31(38)17-1-9-27-23(13-17)24-14-18(32(39)40)2-10-28(24)35(27)21-5-7-22(8-6-21)36-29-11-3-19(33(41)42)15-25(29)26-16-20(34(43)44)4-12-30(26)36/h1-16H,(H,37,38)(H,39,40)(H,41,42)(H,43,44). The molecule has 10 heteroatoms. The Labute approximate surface area is 246 Å². The van der Waals surface area contributed by atoms with Crippen molar-refractivity contribution in [2.45, 2.75) is 0 Å². The minimum atomic E-state index is -1.09. The number of aromatic carboxylic acids is 4. The van der Waals surface area contributed by atoms with Crippen molar-refractivity contribution in [2.75, 3.05) is 0 Å². The van der Waals surface area contributed by atoms with Gasteiger partial charge in [0.1, 0.15) is 0 Å². The van der Waals surface area contributed by atoms with Crippen molar-refractivity contribution in [3.05, 3.63) is 119 Å². The first-order valence-corrected chi connectivity index (χ1v) is 13.3. The van der Waals surface area contributed by atoms with Gasteiger partial charge >= 0.3 is 23.9 Å². The first-order chi connectivity index (χ1) is 21.1. The Morgan fingerprint density at radius 3 is 0.795 bits per heavy atom. The van der Waals surface area contributed by atoms with E-state index in [1.54, 1.807) is 24.3 Å². The first-order valence-electron chi connectivity index (χ1n) is 13.3. The predicted octanol–water partition coefficient (Wildman–Crippen LogP) is 6.67. The Bertz CT molecular complexity index is 2090. The van der Waals surface area contributed by atoms with Gasteiger partial charge in [-0.15, -0.1) is 0 Å². The summed E-state index contributed by atoms with van der Waals surface area (Å²) in [6, 6.07) is 26.4. The maximum absolute atomic E-state index is 11.7. The van der Waals surface area contributed by atoms with Gasteiger partial charge < -0.3 is 29.6 Å². The van der Waals surface area contributed by atoms with Crippen LogP contribution in [0.25, 0.3) is 55.0 Å². The van der Waals surface area contributed by atoms with Gasteiger partial charge in [-0.2, -0.15) is 0 Å². The largest absolute Gasteiger partial charge is 0.478 e. The van der Waals surface area contributed by atoms with Gasteiger partial charge in [0.2, 0.25) is 0 Å². The molecule has 0 aliphatic rings. The Kier molecular flexibility index (Phi) is 5.76. The van der Waals surface area contributed by atoms with Crippen LogP contribution in [0.5, 0.6) is 0 Å². The lowest BCUT2D eigenvalue weighted by atomic mass is 10.1. The maximum Gasteiger partial charge on any atom is 0.335 e. The lowest BCUT2D eigenvalue weighted by molar-refractivity contribution is 0.0686. The minimum absolute atomic E-state index is 0.0797. The quantitative estimate of drug-likeness (QED) is 0.169. The van der Waals surface area contributed by atoms with Crippen LogP contribution in [-0.4, -0.2) is 53.4 Å². The monoisotopic (exact) mass is 584 g/mol. The van der Waals surface area contributed by atoms with E-state index in [-0.39, 0.29) is 22.3 Å². The van der Waals surface area contributed by atoms with Crippen molar-refractivity contribution in [3.63, 3.8) is 0 Å². The maximum atomic E-state index is 11.7. The summed E-state index contributed by atoms with van der Waals surface area (Å²) in [6.45, 7) is 0. The summed E-state index contributed by atoms with van der Waals surface area (Å²) in [5.74, 6) is -4.38. The number of carboxylic acids is 4. The molecule has 10 nitrogen and oxygen atoms in total. The Morgan fingerprint density at radius 2 is 0.591 bits per heavy atom. The molecule has 2 heterocycles. The van der Waals surface area contributed by atoms with Crippen LogP contribution in [0.1, 0.15) is 41.4 Å². The summed E-state index contributed by atoms with van der Waals surface area (Å²) in [6.07, 6.45) is 0. The number of carbonyl (C=O) groups is 4. The number of hydrogen-bond acceptors (Lipinski definition) is 4. The molecule has 5 aromatic carbocycles. The predicted molar refractivity (Wildman–Crippen MR) is 163 cm³/mol. The first kappa shape index (κ1) is 26.5. The highest BCUT2D eigenvalue weighted by atomic mass is 16.4. The van der Waals surface area contributed by atoms with Gasteiger partial charge in [-0.25, -0.2) is 19.2 Å². The second-order valence-electron chi connectivity index (χ2n) is 10.3. The zero-order chi connectivity index (χ0) is 30.9. The molecule has 0 atom stereocenters. The number of rotatable bonds is 6. The van der Waals surface area contributed by atoms with Crippen LogP contribution < -0.4 is 0 Å². The molecule has 0 radical (unpaired) electrons. The van der Waals surface area contributed by atoms with Gasteiger partial charge in [0.15, 0.2) is 0 Å². The zero-order valence-electron chi connectivity index (χ0n) is 22.6. The van der Waals surface area contributed by atoms with Gasteiger partial charge in [0.05, 0.1) is 44.3 Å². The van der Waals surface area contributed by atoms with Crippen LogP contribution in [0, 0.1) is 0 Å². The SMILES string of the molecule is O=C(O)c1ccc2c(c1)c1cc(C(=O)O)ccc1n2-c1ccc(-n2c3ccc(C(=O)O)cc3c3cc(C(=O)O)ccc32)cc1. The summed E-state index contributed by atoms with van der Waals surface area (Å²) in [7, 11) is 0. The molecule has 0 fully saturated rings. The van der Waals surface area contributed by atoms with Crippen molar-refractivity contribution in [2.24, 2.45) is 0 Å². The molecular formula is C34H20N2O8. The lowest BCUT2D eigenvalue weighted by Crippen LogP contribution is -1.99. The van der Waals surface area contributed by atoms with Crippen molar-refractivity contribution in [3.8, 4) is 11.4 Å². The average molecular weight is 585 g/mol. The molecule has 0 amide bonds. The fourth-order valence-electron chi connectivity index (χ4n) is 5.89. The molecule has 7 rings (SSSR count). The summed E-state index contributed by atoms with van der Waals surface area (Å²) in [4.78, 5) is 46.8. The third-order valence-corrected chi connectivity index (χ3v) is 7.88. The molecule has 44 heavy (non-hydrogen) atoms. The van der Waals surface area contributed by atoms with E-state index in [0.717, 1.165) is 11.4 Å². The molecule has 0 saturated carbocycles. The molecule has 0 aliphatic carbocycles. The van der Waals surface area contributed by atoms with Crippen LogP contribution >= 0.6 is 0 Å². The third-order valence-electron chi connectivity index (χ3n) is 7.88. The highest BCUT2D eigenvalue weighted by molar-refractivity contribution is 6.14. The van der Waals surface area contributed by atoms with E-state index in [1.807, 2.05) is 33.4 Å². The summed E-state index contributed by atoms with van der Waals surface area (Å²) in [5.41, 5.74) is 4.57. The Balaban J connectivity index is 1.44. The van der Waals surface area contributed by atoms with Crippen LogP contribution in [0.4, 0.5) is 0 Å². The van der Waals surface area contributed by atoms with Crippen LogP contribution in [0.15, 0.2) is 97.1 Å². The highest BCUT2D eigenvalue weighted by Gasteiger charge is 2.19. The number of fused-ring (bicyclic) bond motifs is 6. The van der Waals surface area contributed by atoms with Crippen LogP contribution in [0.2, 0.25) is 0 Å². The van der Waals surface area contributed by atoms with E-state index >= 15 is 0 Å². The van der Waals surface area contributed by atoms with Gasteiger partial charge in [0, 0.05) is 32.9 Å².